The van der Waals surface area contributed by atoms with Crippen molar-refractivity contribution >= 4 is 29.6 Å². The lowest BCUT2D eigenvalue weighted by atomic mass is 9.85. The lowest BCUT2D eigenvalue weighted by molar-refractivity contribution is -0.150. The number of ether oxygens (including phenoxy) is 2. The molecule has 2 aliphatic heterocycles. The summed E-state index contributed by atoms with van der Waals surface area (Å²) in [5, 5.41) is 12.4. The molecule has 0 aliphatic carbocycles. The molecule has 0 spiro atoms. The zero-order chi connectivity index (χ0) is 24.3. The van der Waals surface area contributed by atoms with Crippen LogP contribution < -0.4 is 5.32 Å². The third kappa shape index (κ3) is 5.20. The predicted octanol–water partition coefficient (Wildman–Crippen LogP) is 2.76. The van der Waals surface area contributed by atoms with E-state index in [1.807, 2.05) is 6.08 Å². The molecule has 1 unspecified atom stereocenters. The zero-order valence-corrected chi connectivity index (χ0v) is 19.5. The second-order valence-corrected chi connectivity index (χ2v) is 9.37. The highest BCUT2D eigenvalue weighted by Crippen LogP contribution is 2.37. The fraction of sp³-hybridized carbons (Fsp3) is 0.565. The summed E-state index contributed by atoms with van der Waals surface area (Å²) >= 11 is 0. The van der Waals surface area contributed by atoms with Gasteiger partial charge in [-0.25, -0.2) is 14.6 Å². The Bertz CT molecular complexity index is 946. The summed E-state index contributed by atoms with van der Waals surface area (Å²) < 4.78 is 15.4. The number of carbonyl (C=O) groups is 3. The molecule has 1 saturated heterocycles. The van der Waals surface area contributed by atoms with Gasteiger partial charge >= 0.3 is 12.1 Å². The Hall–Kier alpha value is -3.30. The van der Waals surface area contributed by atoms with Crippen LogP contribution in [0, 0.1) is 17.3 Å². The number of furan rings is 1. The van der Waals surface area contributed by atoms with Crippen LogP contribution in [0.5, 0.6) is 0 Å². The van der Waals surface area contributed by atoms with Gasteiger partial charge in [-0.2, -0.15) is 0 Å². The van der Waals surface area contributed by atoms with Crippen LogP contribution >= 0.6 is 0 Å². The van der Waals surface area contributed by atoms with Crippen molar-refractivity contribution in [3.8, 4) is 0 Å². The highest BCUT2D eigenvalue weighted by Gasteiger charge is 2.48. The van der Waals surface area contributed by atoms with E-state index in [4.69, 9.17) is 9.15 Å². The Morgan fingerprint density at radius 1 is 1.30 bits per heavy atom. The van der Waals surface area contributed by atoms with Gasteiger partial charge in [0.05, 0.1) is 32.4 Å². The Labute approximate surface area is 192 Å². The highest BCUT2D eigenvalue weighted by molar-refractivity contribution is 5.91. The number of nitrogens with zero attached hydrogens (tertiary/aromatic N) is 2. The lowest BCUT2D eigenvalue weighted by Crippen LogP contribution is -2.56. The molecule has 2 N–H and O–H groups in total. The van der Waals surface area contributed by atoms with E-state index in [2.05, 4.69) is 15.0 Å². The van der Waals surface area contributed by atoms with Crippen LogP contribution in [0.4, 0.5) is 4.79 Å². The number of carboxylic acids is 1. The number of alkyl carbamates (subject to hydrolysis) is 1. The topological polar surface area (TPSA) is 131 Å². The van der Waals surface area contributed by atoms with Crippen molar-refractivity contribution in [3.63, 3.8) is 0 Å². The highest BCUT2D eigenvalue weighted by atomic mass is 16.5. The molecule has 1 fully saturated rings. The number of likely N-dealkylation sites (tertiary alicyclic amines) is 1. The molecule has 4 atom stereocenters. The first-order chi connectivity index (χ1) is 15.6. The van der Waals surface area contributed by atoms with Crippen LogP contribution in [0.1, 0.15) is 39.2 Å². The van der Waals surface area contributed by atoms with Crippen LogP contribution in [-0.4, -0.2) is 66.7 Å². The smallest absolute Gasteiger partial charge is 0.407 e. The molecule has 1 aromatic rings. The molecule has 180 valence electrons. The molecule has 1 aromatic heterocycles. The van der Waals surface area contributed by atoms with Crippen molar-refractivity contribution in [2.75, 3.05) is 20.8 Å². The molecule has 0 radical (unpaired) electrons. The first-order valence-electron chi connectivity index (χ1n) is 10.8. The Morgan fingerprint density at radius 3 is 2.58 bits per heavy atom. The molecule has 0 saturated carbocycles. The number of nitrogens with one attached hydrogen (secondary N) is 1. The normalized spacial score (nSPS) is 23.9. The summed E-state index contributed by atoms with van der Waals surface area (Å²) in [7, 11) is 2.75. The van der Waals surface area contributed by atoms with Gasteiger partial charge in [-0.15, -0.1) is 0 Å². The van der Waals surface area contributed by atoms with E-state index in [0.717, 1.165) is 11.3 Å². The van der Waals surface area contributed by atoms with E-state index in [1.165, 1.54) is 19.1 Å². The minimum Gasteiger partial charge on any atom is -0.484 e. The van der Waals surface area contributed by atoms with Crippen molar-refractivity contribution in [2.45, 2.75) is 45.7 Å². The zero-order valence-electron chi connectivity index (χ0n) is 19.5. The molecule has 10 nitrogen and oxygen atoms in total. The average molecular weight is 462 g/mol. The summed E-state index contributed by atoms with van der Waals surface area (Å²) in [6.45, 7) is 5.61. The second-order valence-electron chi connectivity index (χ2n) is 9.37. The van der Waals surface area contributed by atoms with Gasteiger partial charge in [-0.1, -0.05) is 26.8 Å². The number of methoxy groups -OCH3 is 2. The maximum absolute atomic E-state index is 13.5. The van der Waals surface area contributed by atoms with Crippen LogP contribution in [-0.2, 0) is 19.1 Å². The summed E-state index contributed by atoms with van der Waals surface area (Å²) in [5.74, 6) is -1.39. The minimum atomic E-state index is -1.09. The third-order valence-corrected chi connectivity index (χ3v) is 6.17. The molecule has 0 bridgehead atoms. The van der Waals surface area contributed by atoms with Crippen LogP contribution in [0.3, 0.4) is 0 Å². The van der Waals surface area contributed by atoms with Gasteiger partial charge in [0, 0.05) is 18.0 Å². The number of amides is 2. The summed E-state index contributed by atoms with van der Waals surface area (Å²) in [6.07, 6.45) is 5.24. The molecule has 0 aromatic carbocycles. The number of rotatable bonds is 5. The van der Waals surface area contributed by atoms with Crippen LogP contribution in [0.25, 0.3) is 5.70 Å². The number of allylic oxidation sites excluding steroid dienone is 1. The number of hydrogen-bond acceptors (Lipinski definition) is 7. The largest absolute Gasteiger partial charge is 0.484 e. The summed E-state index contributed by atoms with van der Waals surface area (Å²) in [4.78, 5) is 43.3. The average Bonchev–Trinajstić information content (AvgIpc) is 3.46. The Balaban J connectivity index is 1.83. The van der Waals surface area contributed by atoms with E-state index in [1.54, 1.807) is 39.4 Å². The van der Waals surface area contributed by atoms with E-state index < -0.39 is 35.5 Å². The standard InChI is InChI=1S/C23H31N3O7/c1-23(2,3)18(25-22(30)32-5)20(27)26-11-14(10-17(26)21(28)29)15-6-7-16(24-19(15)31-4)13-8-9-33-12-13/h7-9,12,14-15,17-18H,6,10-11H2,1-5H3,(H,25,30)(H,28,29)/t14-,15?,17+,18-/m1/s1. The van der Waals surface area contributed by atoms with Crippen LogP contribution in [0.2, 0.25) is 0 Å². The lowest BCUT2D eigenvalue weighted by Gasteiger charge is -2.34. The molecular formula is C23H31N3O7. The maximum Gasteiger partial charge on any atom is 0.407 e. The summed E-state index contributed by atoms with van der Waals surface area (Å²) in [6, 6.07) is -0.149. The van der Waals surface area contributed by atoms with E-state index in [0.29, 0.717) is 12.3 Å². The van der Waals surface area contributed by atoms with Gasteiger partial charge in [-0.05, 0) is 30.2 Å². The number of aliphatic carboxylic acids is 1. The van der Waals surface area contributed by atoms with Gasteiger partial charge in [0.1, 0.15) is 12.1 Å². The number of hydrogen-bond donors (Lipinski definition) is 2. The molecular weight excluding hydrogens is 430 g/mol. The fourth-order valence-corrected chi connectivity index (χ4v) is 4.40. The van der Waals surface area contributed by atoms with Gasteiger partial charge in [0.15, 0.2) is 5.90 Å². The molecule has 2 aliphatic rings. The van der Waals surface area contributed by atoms with E-state index >= 15 is 0 Å². The van der Waals surface area contributed by atoms with E-state index in [-0.39, 0.29) is 24.8 Å². The molecule has 3 heterocycles. The summed E-state index contributed by atoms with van der Waals surface area (Å²) in [5.41, 5.74) is 0.905. The SMILES string of the molecule is COC(=O)N[C@H](C(=O)N1C[C@H](C2CC=C(c3ccoc3)N=C2OC)C[C@H]1C(=O)O)C(C)(C)C. The second kappa shape index (κ2) is 9.68. The van der Waals surface area contributed by atoms with Crippen LogP contribution in [0.15, 0.2) is 34.1 Å². The minimum absolute atomic E-state index is 0.172. The van der Waals surface area contributed by atoms with Crippen molar-refractivity contribution in [3.05, 3.63) is 30.2 Å². The van der Waals surface area contributed by atoms with E-state index in [9.17, 15) is 19.5 Å². The van der Waals surface area contributed by atoms with Gasteiger partial charge < -0.3 is 29.2 Å². The van der Waals surface area contributed by atoms with Gasteiger partial charge in [0.25, 0.3) is 0 Å². The molecule has 10 heteroatoms. The van der Waals surface area contributed by atoms with Gasteiger partial charge in [0.2, 0.25) is 5.91 Å². The van der Waals surface area contributed by atoms with Gasteiger partial charge in [-0.3, -0.25) is 4.79 Å². The van der Waals surface area contributed by atoms with Crippen molar-refractivity contribution in [1.82, 2.24) is 10.2 Å². The monoisotopic (exact) mass is 461 g/mol. The maximum atomic E-state index is 13.5. The molecule has 2 amide bonds. The quantitative estimate of drug-likeness (QED) is 0.689. The van der Waals surface area contributed by atoms with Crippen molar-refractivity contribution < 1.29 is 33.4 Å². The molecule has 3 rings (SSSR count). The predicted molar refractivity (Wildman–Crippen MR) is 119 cm³/mol. The third-order valence-electron chi connectivity index (χ3n) is 6.17. The molecule has 33 heavy (non-hydrogen) atoms. The first-order valence-corrected chi connectivity index (χ1v) is 10.8. The van der Waals surface area contributed by atoms with Crippen molar-refractivity contribution in [1.29, 1.82) is 0 Å². The first kappa shape index (κ1) is 24.3. The fourth-order valence-electron chi connectivity index (χ4n) is 4.40. The van der Waals surface area contributed by atoms with Crippen molar-refractivity contribution in [2.24, 2.45) is 22.2 Å². The number of aliphatic imine (C=N–C) groups is 1. The Kier molecular flexibility index (Phi) is 7.14. The Morgan fingerprint density at radius 2 is 2.03 bits per heavy atom. The number of carboxylic acid groups (broad SMARTS) is 1. The number of carbonyl (C=O) groups excluding carboxylic acids is 2.